The Labute approximate surface area is 120 Å². The highest BCUT2D eigenvalue weighted by molar-refractivity contribution is 7.91. The van der Waals surface area contributed by atoms with Crippen molar-refractivity contribution >= 4 is 21.6 Å². The smallest absolute Gasteiger partial charge is 0.319 e. The first kappa shape index (κ1) is 17.1. The monoisotopic (exact) mass is 305 g/mol. The SMILES string of the molecule is CCOC(=O)C(C)(C)C(=O)CN1CCS(=O)(=O)CC1C. The number of ketones is 1. The van der Waals surface area contributed by atoms with Gasteiger partial charge in [0, 0.05) is 12.6 Å². The van der Waals surface area contributed by atoms with Crippen LogP contribution in [0.1, 0.15) is 27.7 Å². The maximum Gasteiger partial charge on any atom is 0.319 e. The van der Waals surface area contributed by atoms with Crippen molar-refractivity contribution in [3.63, 3.8) is 0 Å². The number of rotatable bonds is 5. The quantitative estimate of drug-likeness (QED) is 0.535. The number of ether oxygens (including phenoxy) is 1. The van der Waals surface area contributed by atoms with Crippen molar-refractivity contribution in [3.8, 4) is 0 Å². The van der Waals surface area contributed by atoms with E-state index in [4.69, 9.17) is 4.74 Å². The van der Waals surface area contributed by atoms with E-state index in [9.17, 15) is 18.0 Å². The van der Waals surface area contributed by atoms with Gasteiger partial charge in [0.15, 0.2) is 15.6 Å². The summed E-state index contributed by atoms with van der Waals surface area (Å²) in [5.41, 5.74) is -1.20. The zero-order valence-electron chi connectivity index (χ0n) is 12.5. The first-order chi connectivity index (χ1) is 9.10. The highest BCUT2D eigenvalue weighted by Crippen LogP contribution is 2.21. The minimum atomic E-state index is -3.01. The zero-order chi connectivity index (χ0) is 15.6. The highest BCUT2D eigenvalue weighted by Gasteiger charge is 2.39. The van der Waals surface area contributed by atoms with Crippen molar-refractivity contribution in [3.05, 3.63) is 0 Å². The molecule has 0 bridgehead atoms. The predicted octanol–water partition coefficient (Wildman–Crippen LogP) is 0.264. The third-order valence-electron chi connectivity index (χ3n) is 3.64. The van der Waals surface area contributed by atoms with E-state index in [1.54, 1.807) is 27.7 Å². The van der Waals surface area contributed by atoms with Crippen molar-refractivity contribution in [1.82, 2.24) is 4.90 Å². The van der Waals surface area contributed by atoms with Gasteiger partial charge in [0.25, 0.3) is 0 Å². The maximum atomic E-state index is 12.3. The van der Waals surface area contributed by atoms with E-state index in [1.807, 2.05) is 4.90 Å². The summed E-state index contributed by atoms with van der Waals surface area (Å²) < 4.78 is 27.9. The van der Waals surface area contributed by atoms with Gasteiger partial charge < -0.3 is 4.74 Å². The summed E-state index contributed by atoms with van der Waals surface area (Å²) >= 11 is 0. The van der Waals surface area contributed by atoms with Crippen molar-refractivity contribution in [2.24, 2.45) is 5.41 Å². The van der Waals surface area contributed by atoms with Crippen LogP contribution in [-0.4, -0.2) is 62.3 Å². The second-order valence-corrected chi connectivity index (χ2v) is 7.93. The molecule has 1 aliphatic heterocycles. The van der Waals surface area contributed by atoms with Crippen LogP contribution in [0.2, 0.25) is 0 Å². The molecule has 0 amide bonds. The van der Waals surface area contributed by atoms with Crippen LogP contribution < -0.4 is 0 Å². The Morgan fingerprint density at radius 1 is 1.35 bits per heavy atom. The molecule has 1 fully saturated rings. The Bertz CT molecular complexity index is 483. The molecule has 7 heteroatoms. The van der Waals surface area contributed by atoms with E-state index in [0.717, 1.165) is 0 Å². The molecular formula is C13H23NO5S. The minimum Gasteiger partial charge on any atom is -0.465 e. The second kappa shape index (κ2) is 6.22. The number of hydrogen-bond acceptors (Lipinski definition) is 6. The third kappa shape index (κ3) is 4.02. The van der Waals surface area contributed by atoms with Crippen molar-refractivity contribution in [1.29, 1.82) is 0 Å². The second-order valence-electron chi connectivity index (χ2n) is 5.70. The fourth-order valence-electron chi connectivity index (χ4n) is 2.08. The molecule has 0 N–H and O–H groups in total. The maximum absolute atomic E-state index is 12.3. The Morgan fingerprint density at radius 2 is 1.95 bits per heavy atom. The molecule has 116 valence electrons. The fourth-order valence-corrected chi connectivity index (χ4v) is 3.70. The largest absolute Gasteiger partial charge is 0.465 e. The lowest BCUT2D eigenvalue weighted by Gasteiger charge is -2.34. The molecule has 0 radical (unpaired) electrons. The lowest BCUT2D eigenvalue weighted by atomic mass is 9.87. The molecule has 0 spiro atoms. The van der Waals surface area contributed by atoms with E-state index in [0.29, 0.717) is 6.54 Å². The lowest BCUT2D eigenvalue weighted by molar-refractivity contribution is -0.158. The molecule has 1 rings (SSSR count). The molecule has 1 atom stereocenters. The summed E-state index contributed by atoms with van der Waals surface area (Å²) in [6.07, 6.45) is 0. The van der Waals surface area contributed by atoms with Gasteiger partial charge in [-0.2, -0.15) is 0 Å². The third-order valence-corrected chi connectivity index (χ3v) is 5.43. The van der Waals surface area contributed by atoms with Crippen LogP contribution in [0, 0.1) is 5.41 Å². The van der Waals surface area contributed by atoms with Crippen LogP contribution in [-0.2, 0) is 24.2 Å². The van der Waals surface area contributed by atoms with Gasteiger partial charge in [-0.25, -0.2) is 8.42 Å². The molecule has 1 unspecified atom stereocenters. The molecule has 6 nitrogen and oxygen atoms in total. The Balaban J connectivity index is 2.69. The minimum absolute atomic E-state index is 0.0557. The molecule has 0 aromatic carbocycles. The molecule has 1 saturated heterocycles. The Hall–Kier alpha value is -0.950. The van der Waals surface area contributed by atoms with Crippen molar-refractivity contribution in [2.75, 3.05) is 31.2 Å². The van der Waals surface area contributed by atoms with Gasteiger partial charge in [-0.15, -0.1) is 0 Å². The summed E-state index contributed by atoms with van der Waals surface area (Å²) in [6.45, 7) is 7.18. The predicted molar refractivity (Wildman–Crippen MR) is 75.1 cm³/mol. The summed E-state index contributed by atoms with van der Waals surface area (Å²) in [7, 11) is -3.01. The summed E-state index contributed by atoms with van der Waals surface area (Å²) in [4.78, 5) is 25.8. The van der Waals surface area contributed by atoms with Gasteiger partial charge >= 0.3 is 5.97 Å². The number of carbonyl (C=O) groups excluding carboxylic acids is 2. The van der Waals surface area contributed by atoms with E-state index < -0.39 is 21.2 Å². The summed E-state index contributed by atoms with van der Waals surface area (Å²) in [6, 6.07) is -0.212. The number of Topliss-reactive ketones (excluding diaryl/α,β-unsaturated/α-hetero) is 1. The van der Waals surface area contributed by atoms with Crippen LogP contribution in [0.25, 0.3) is 0 Å². The topological polar surface area (TPSA) is 80.8 Å². The summed E-state index contributed by atoms with van der Waals surface area (Å²) in [5, 5.41) is 0. The van der Waals surface area contributed by atoms with Crippen LogP contribution in [0.4, 0.5) is 0 Å². The Kier molecular flexibility index (Phi) is 5.32. The van der Waals surface area contributed by atoms with E-state index in [1.165, 1.54) is 0 Å². The first-order valence-electron chi connectivity index (χ1n) is 6.75. The highest BCUT2D eigenvalue weighted by atomic mass is 32.2. The van der Waals surface area contributed by atoms with Gasteiger partial charge in [0.05, 0.1) is 24.7 Å². The number of carbonyl (C=O) groups is 2. The fraction of sp³-hybridized carbons (Fsp3) is 0.846. The van der Waals surface area contributed by atoms with Crippen LogP contribution in [0.5, 0.6) is 0 Å². The van der Waals surface area contributed by atoms with Crippen molar-refractivity contribution < 1.29 is 22.7 Å². The van der Waals surface area contributed by atoms with E-state index in [2.05, 4.69) is 0 Å². The van der Waals surface area contributed by atoms with E-state index >= 15 is 0 Å². The number of sulfone groups is 1. The molecule has 0 aromatic heterocycles. The number of nitrogens with zero attached hydrogens (tertiary/aromatic N) is 1. The van der Waals surface area contributed by atoms with Crippen LogP contribution in [0.15, 0.2) is 0 Å². The van der Waals surface area contributed by atoms with Gasteiger partial charge in [-0.1, -0.05) is 0 Å². The van der Waals surface area contributed by atoms with Gasteiger partial charge in [-0.05, 0) is 27.7 Å². The molecule has 0 aromatic rings. The number of esters is 1. The molecule has 20 heavy (non-hydrogen) atoms. The summed E-state index contributed by atoms with van der Waals surface area (Å²) in [5.74, 6) is -0.672. The molecule has 1 aliphatic rings. The van der Waals surface area contributed by atoms with Gasteiger partial charge in [0.1, 0.15) is 5.41 Å². The lowest BCUT2D eigenvalue weighted by Crippen LogP contribution is -2.51. The van der Waals surface area contributed by atoms with E-state index in [-0.39, 0.29) is 36.5 Å². The molecular weight excluding hydrogens is 282 g/mol. The van der Waals surface area contributed by atoms with Crippen LogP contribution >= 0.6 is 0 Å². The van der Waals surface area contributed by atoms with Crippen LogP contribution in [0.3, 0.4) is 0 Å². The van der Waals surface area contributed by atoms with Gasteiger partial charge in [-0.3, -0.25) is 14.5 Å². The standard InChI is InChI=1S/C13H23NO5S/c1-5-19-12(16)13(3,4)11(15)8-14-6-7-20(17,18)9-10(14)2/h10H,5-9H2,1-4H3. The van der Waals surface area contributed by atoms with Gasteiger partial charge in [0.2, 0.25) is 0 Å². The zero-order valence-corrected chi connectivity index (χ0v) is 13.3. The average molecular weight is 305 g/mol. The number of hydrogen-bond donors (Lipinski definition) is 0. The first-order valence-corrected chi connectivity index (χ1v) is 8.57. The molecule has 0 saturated carbocycles. The Morgan fingerprint density at radius 3 is 2.45 bits per heavy atom. The molecule has 0 aliphatic carbocycles. The average Bonchev–Trinajstić information content (AvgIpc) is 2.32. The van der Waals surface area contributed by atoms with Crippen molar-refractivity contribution in [2.45, 2.75) is 33.7 Å². The normalized spacial score (nSPS) is 23.3. The molecule has 1 heterocycles.